The van der Waals surface area contributed by atoms with E-state index in [1.165, 1.54) is 24.1 Å². The Labute approximate surface area is 85.9 Å². The van der Waals surface area contributed by atoms with Crippen molar-refractivity contribution in [2.75, 3.05) is 19.0 Å². The van der Waals surface area contributed by atoms with E-state index in [-0.39, 0.29) is 0 Å². The molecule has 76 valence electrons. The summed E-state index contributed by atoms with van der Waals surface area (Å²) in [6, 6.07) is 9.53. The second-order valence-corrected chi connectivity index (χ2v) is 4.22. The van der Waals surface area contributed by atoms with Gasteiger partial charge in [0, 0.05) is 32.4 Å². The topological polar surface area (TPSA) is 15.3 Å². The summed E-state index contributed by atoms with van der Waals surface area (Å²) in [7, 11) is 4.13. The van der Waals surface area contributed by atoms with Gasteiger partial charge in [0.25, 0.3) is 0 Å². The number of benzene rings is 1. The van der Waals surface area contributed by atoms with E-state index < -0.39 is 0 Å². The maximum absolute atomic E-state index is 3.51. The second kappa shape index (κ2) is 4.01. The monoisotopic (exact) mass is 190 g/mol. The molecule has 1 aliphatic carbocycles. The van der Waals surface area contributed by atoms with Gasteiger partial charge in [-0.2, -0.15) is 0 Å². The van der Waals surface area contributed by atoms with Crippen LogP contribution in [-0.2, 0) is 6.54 Å². The zero-order valence-electron chi connectivity index (χ0n) is 8.96. The molecule has 0 aliphatic heterocycles. The first-order valence-electron chi connectivity index (χ1n) is 5.25. The van der Waals surface area contributed by atoms with Crippen molar-refractivity contribution in [2.24, 2.45) is 0 Å². The summed E-state index contributed by atoms with van der Waals surface area (Å²) in [6.45, 7) is 1.01. The molecule has 2 nitrogen and oxygen atoms in total. The Balaban J connectivity index is 1.91. The molecule has 14 heavy (non-hydrogen) atoms. The summed E-state index contributed by atoms with van der Waals surface area (Å²) >= 11 is 0. The van der Waals surface area contributed by atoms with Crippen LogP contribution in [0.4, 0.5) is 5.69 Å². The minimum atomic E-state index is 0.795. The Morgan fingerprint density at radius 2 is 1.86 bits per heavy atom. The fourth-order valence-corrected chi connectivity index (χ4v) is 1.46. The number of hydrogen-bond acceptors (Lipinski definition) is 2. The SMILES string of the molecule is CN(C)c1ccc(CNC2CC2)cc1. The average molecular weight is 190 g/mol. The van der Waals surface area contributed by atoms with Gasteiger partial charge >= 0.3 is 0 Å². The molecule has 2 rings (SSSR count). The molecule has 0 saturated heterocycles. The Morgan fingerprint density at radius 1 is 1.21 bits per heavy atom. The zero-order chi connectivity index (χ0) is 9.97. The Morgan fingerprint density at radius 3 is 2.36 bits per heavy atom. The molecule has 0 spiro atoms. The molecule has 0 atom stereocenters. The van der Waals surface area contributed by atoms with Gasteiger partial charge in [0.2, 0.25) is 0 Å². The number of hydrogen-bond donors (Lipinski definition) is 1. The van der Waals surface area contributed by atoms with E-state index in [0.717, 1.165) is 12.6 Å². The van der Waals surface area contributed by atoms with Crippen LogP contribution in [0.5, 0.6) is 0 Å². The molecule has 1 aromatic rings. The molecule has 2 heteroatoms. The lowest BCUT2D eigenvalue weighted by Gasteiger charge is -2.12. The molecule has 0 radical (unpaired) electrons. The normalized spacial score (nSPS) is 15.6. The Kier molecular flexibility index (Phi) is 2.73. The molecule has 0 amide bonds. The van der Waals surface area contributed by atoms with Crippen molar-refractivity contribution in [3.8, 4) is 0 Å². The van der Waals surface area contributed by atoms with Gasteiger partial charge in [-0.05, 0) is 30.5 Å². The van der Waals surface area contributed by atoms with E-state index >= 15 is 0 Å². The van der Waals surface area contributed by atoms with Crippen LogP contribution in [0.25, 0.3) is 0 Å². The summed E-state index contributed by atoms with van der Waals surface area (Å²) in [5.41, 5.74) is 2.64. The minimum Gasteiger partial charge on any atom is -0.378 e. The maximum atomic E-state index is 3.51. The van der Waals surface area contributed by atoms with Crippen LogP contribution in [0, 0.1) is 0 Å². The highest BCUT2D eigenvalue weighted by molar-refractivity contribution is 5.45. The fraction of sp³-hybridized carbons (Fsp3) is 0.500. The standard InChI is InChI=1S/C12H18N2/c1-14(2)12-7-3-10(4-8-12)9-13-11-5-6-11/h3-4,7-8,11,13H,5-6,9H2,1-2H3. The Hall–Kier alpha value is -1.02. The minimum absolute atomic E-state index is 0.795. The van der Waals surface area contributed by atoms with Gasteiger partial charge in [-0.15, -0.1) is 0 Å². The van der Waals surface area contributed by atoms with Crippen molar-refractivity contribution in [2.45, 2.75) is 25.4 Å². The molecular formula is C12H18N2. The van der Waals surface area contributed by atoms with E-state index in [0.29, 0.717) is 0 Å². The van der Waals surface area contributed by atoms with Crippen LogP contribution in [0.1, 0.15) is 18.4 Å². The van der Waals surface area contributed by atoms with Gasteiger partial charge < -0.3 is 10.2 Å². The molecule has 1 fully saturated rings. The van der Waals surface area contributed by atoms with Crippen molar-refractivity contribution >= 4 is 5.69 Å². The van der Waals surface area contributed by atoms with Gasteiger partial charge in [-0.25, -0.2) is 0 Å². The summed E-state index contributed by atoms with van der Waals surface area (Å²) in [4.78, 5) is 2.12. The third-order valence-corrected chi connectivity index (χ3v) is 2.62. The van der Waals surface area contributed by atoms with Crippen LogP contribution < -0.4 is 10.2 Å². The number of nitrogens with zero attached hydrogens (tertiary/aromatic N) is 1. The van der Waals surface area contributed by atoms with Gasteiger partial charge in [0.1, 0.15) is 0 Å². The highest BCUT2D eigenvalue weighted by Crippen LogP contribution is 2.19. The van der Waals surface area contributed by atoms with Crippen molar-refractivity contribution < 1.29 is 0 Å². The van der Waals surface area contributed by atoms with E-state index in [1.54, 1.807) is 0 Å². The van der Waals surface area contributed by atoms with Crippen molar-refractivity contribution in [3.63, 3.8) is 0 Å². The summed E-state index contributed by atoms with van der Waals surface area (Å²) in [6.07, 6.45) is 2.71. The average Bonchev–Trinajstić information content (AvgIpc) is 2.99. The maximum Gasteiger partial charge on any atom is 0.0361 e. The van der Waals surface area contributed by atoms with Crippen LogP contribution in [0.15, 0.2) is 24.3 Å². The second-order valence-electron chi connectivity index (χ2n) is 4.22. The van der Waals surface area contributed by atoms with Crippen molar-refractivity contribution in [1.82, 2.24) is 5.32 Å². The van der Waals surface area contributed by atoms with Crippen molar-refractivity contribution in [3.05, 3.63) is 29.8 Å². The lowest BCUT2D eigenvalue weighted by Crippen LogP contribution is -2.15. The van der Waals surface area contributed by atoms with E-state index in [4.69, 9.17) is 0 Å². The van der Waals surface area contributed by atoms with Crippen LogP contribution in [0.3, 0.4) is 0 Å². The molecule has 0 heterocycles. The highest BCUT2D eigenvalue weighted by Gasteiger charge is 2.19. The van der Waals surface area contributed by atoms with E-state index in [1.807, 2.05) is 0 Å². The molecular weight excluding hydrogens is 172 g/mol. The molecule has 1 aliphatic rings. The summed E-state index contributed by atoms with van der Waals surface area (Å²) < 4.78 is 0. The third-order valence-electron chi connectivity index (χ3n) is 2.62. The number of rotatable bonds is 4. The van der Waals surface area contributed by atoms with Crippen LogP contribution in [0.2, 0.25) is 0 Å². The summed E-state index contributed by atoms with van der Waals surface area (Å²) in [5.74, 6) is 0. The molecule has 1 aromatic carbocycles. The lowest BCUT2D eigenvalue weighted by molar-refractivity contribution is 0.688. The smallest absolute Gasteiger partial charge is 0.0361 e. The molecule has 1 saturated carbocycles. The van der Waals surface area contributed by atoms with E-state index in [9.17, 15) is 0 Å². The third kappa shape index (κ3) is 2.48. The molecule has 0 bridgehead atoms. The molecule has 0 aromatic heterocycles. The molecule has 0 unspecified atom stereocenters. The van der Waals surface area contributed by atoms with E-state index in [2.05, 4.69) is 48.6 Å². The van der Waals surface area contributed by atoms with Gasteiger partial charge in [0.15, 0.2) is 0 Å². The largest absolute Gasteiger partial charge is 0.378 e. The Bertz CT molecular complexity index is 286. The highest BCUT2D eigenvalue weighted by atomic mass is 15.1. The molecule has 1 N–H and O–H groups in total. The first kappa shape index (κ1) is 9.53. The summed E-state index contributed by atoms with van der Waals surface area (Å²) in [5, 5.41) is 3.51. The zero-order valence-corrected chi connectivity index (χ0v) is 8.96. The van der Waals surface area contributed by atoms with Gasteiger partial charge in [-0.1, -0.05) is 12.1 Å². The predicted molar refractivity (Wildman–Crippen MR) is 60.6 cm³/mol. The van der Waals surface area contributed by atoms with Gasteiger partial charge in [0.05, 0.1) is 0 Å². The first-order chi connectivity index (χ1) is 6.75. The van der Waals surface area contributed by atoms with Crippen molar-refractivity contribution in [1.29, 1.82) is 0 Å². The number of nitrogens with one attached hydrogen (secondary N) is 1. The lowest BCUT2D eigenvalue weighted by atomic mass is 10.2. The first-order valence-corrected chi connectivity index (χ1v) is 5.25. The van der Waals surface area contributed by atoms with Gasteiger partial charge in [-0.3, -0.25) is 0 Å². The fourth-order valence-electron chi connectivity index (χ4n) is 1.46. The van der Waals surface area contributed by atoms with Crippen LogP contribution >= 0.6 is 0 Å². The van der Waals surface area contributed by atoms with Crippen LogP contribution in [-0.4, -0.2) is 20.1 Å². The quantitative estimate of drug-likeness (QED) is 0.781. The number of anilines is 1. The predicted octanol–water partition coefficient (Wildman–Crippen LogP) is 2.00.